The number of aryl methyl sites for hydroxylation is 1. The number of benzene rings is 2. The van der Waals surface area contributed by atoms with Gasteiger partial charge in [-0.05, 0) is 36.8 Å². The second kappa shape index (κ2) is 8.05. The summed E-state index contributed by atoms with van der Waals surface area (Å²) in [7, 11) is 1.62. The number of hydrogen-bond donors (Lipinski definition) is 1. The molecule has 0 saturated carbocycles. The minimum Gasteiger partial charge on any atom is -0.497 e. The highest BCUT2D eigenvalue weighted by Gasteiger charge is 2.33. The highest BCUT2D eigenvalue weighted by Crippen LogP contribution is 2.40. The molecular weight excluding hydrogens is 428 g/mol. The Morgan fingerprint density at radius 3 is 2.78 bits per heavy atom. The Labute approximate surface area is 189 Å². The van der Waals surface area contributed by atoms with Gasteiger partial charge in [-0.15, -0.1) is 5.10 Å². The molecule has 0 spiro atoms. The number of ether oxygens (including phenoxy) is 1. The van der Waals surface area contributed by atoms with Gasteiger partial charge in [0.1, 0.15) is 11.6 Å². The molecule has 3 heterocycles. The Bertz CT molecular complexity index is 1320. The lowest BCUT2D eigenvalue weighted by Gasteiger charge is -2.24. The average molecular weight is 447 g/mol. The number of fused-ring (bicyclic) bond motifs is 1. The SMILES string of the molecule is COc1cccc([C@H]2CC(=O)Nc3c2c(C)nn3-c2nncc(-c3ccc(Cl)cc3)n2)c1. The van der Waals surface area contributed by atoms with E-state index in [-0.39, 0.29) is 17.8 Å². The van der Waals surface area contributed by atoms with Crippen molar-refractivity contribution in [1.29, 1.82) is 0 Å². The van der Waals surface area contributed by atoms with E-state index in [9.17, 15) is 4.79 Å². The summed E-state index contributed by atoms with van der Waals surface area (Å²) in [6, 6.07) is 15.0. The van der Waals surface area contributed by atoms with Gasteiger partial charge in [0.25, 0.3) is 5.95 Å². The first-order valence-corrected chi connectivity index (χ1v) is 10.4. The highest BCUT2D eigenvalue weighted by atomic mass is 35.5. The number of aromatic nitrogens is 5. The van der Waals surface area contributed by atoms with Crippen LogP contribution in [0.5, 0.6) is 5.75 Å². The van der Waals surface area contributed by atoms with Gasteiger partial charge in [0.05, 0.1) is 24.7 Å². The molecule has 5 rings (SSSR count). The number of anilines is 1. The van der Waals surface area contributed by atoms with Crippen LogP contribution in [0, 0.1) is 6.92 Å². The van der Waals surface area contributed by atoms with E-state index >= 15 is 0 Å². The van der Waals surface area contributed by atoms with Crippen LogP contribution in [0.2, 0.25) is 5.02 Å². The van der Waals surface area contributed by atoms with Crippen LogP contribution in [0.3, 0.4) is 0 Å². The van der Waals surface area contributed by atoms with Gasteiger partial charge >= 0.3 is 0 Å². The quantitative estimate of drug-likeness (QED) is 0.505. The van der Waals surface area contributed by atoms with Crippen molar-refractivity contribution < 1.29 is 9.53 Å². The summed E-state index contributed by atoms with van der Waals surface area (Å²) in [6.45, 7) is 1.91. The maximum Gasteiger partial charge on any atom is 0.272 e. The first-order valence-electron chi connectivity index (χ1n) is 10.0. The van der Waals surface area contributed by atoms with Gasteiger partial charge in [0.2, 0.25) is 5.91 Å². The molecule has 8 nitrogen and oxygen atoms in total. The van der Waals surface area contributed by atoms with E-state index in [1.165, 1.54) is 0 Å². The van der Waals surface area contributed by atoms with E-state index in [4.69, 9.17) is 16.3 Å². The molecule has 1 atom stereocenters. The molecule has 160 valence electrons. The molecule has 0 unspecified atom stereocenters. The van der Waals surface area contributed by atoms with Gasteiger partial charge in [-0.25, -0.2) is 4.98 Å². The van der Waals surface area contributed by atoms with Crippen molar-refractivity contribution in [3.63, 3.8) is 0 Å². The molecule has 0 bridgehead atoms. The fourth-order valence-corrected chi connectivity index (χ4v) is 4.10. The predicted octanol–water partition coefficient (Wildman–Crippen LogP) is 4.17. The molecule has 1 aliphatic rings. The normalized spacial score (nSPS) is 15.2. The van der Waals surface area contributed by atoms with Crippen molar-refractivity contribution in [2.45, 2.75) is 19.3 Å². The molecule has 0 aliphatic carbocycles. The monoisotopic (exact) mass is 446 g/mol. The summed E-state index contributed by atoms with van der Waals surface area (Å²) in [5, 5.41) is 16.5. The molecule has 2 aromatic carbocycles. The van der Waals surface area contributed by atoms with Crippen molar-refractivity contribution in [2.24, 2.45) is 0 Å². The van der Waals surface area contributed by atoms with Crippen LogP contribution in [0.1, 0.15) is 29.2 Å². The van der Waals surface area contributed by atoms with E-state index in [0.717, 1.165) is 28.1 Å². The Hall–Kier alpha value is -3.78. The first-order chi connectivity index (χ1) is 15.5. The molecule has 1 N–H and O–H groups in total. The number of rotatable bonds is 4. The van der Waals surface area contributed by atoms with E-state index in [0.29, 0.717) is 23.0 Å². The molecule has 4 aromatic rings. The molecule has 1 amide bonds. The first kappa shape index (κ1) is 20.1. The minimum atomic E-state index is -0.157. The van der Waals surface area contributed by atoms with Gasteiger partial charge < -0.3 is 10.1 Å². The maximum atomic E-state index is 12.6. The number of carbonyl (C=O) groups excluding carboxylic acids is 1. The van der Waals surface area contributed by atoms with Gasteiger partial charge in [0.15, 0.2) is 0 Å². The zero-order chi connectivity index (χ0) is 22.2. The second-order valence-electron chi connectivity index (χ2n) is 7.49. The predicted molar refractivity (Wildman–Crippen MR) is 120 cm³/mol. The largest absolute Gasteiger partial charge is 0.497 e. The van der Waals surface area contributed by atoms with Gasteiger partial charge in [-0.2, -0.15) is 14.9 Å². The summed E-state index contributed by atoms with van der Waals surface area (Å²) >= 11 is 5.99. The molecule has 0 saturated heterocycles. The lowest BCUT2D eigenvalue weighted by Crippen LogP contribution is -2.25. The molecule has 9 heteroatoms. The molecular formula is C23H19ClN6O2. The van der Waals surface area contributed by atoms with Crippen molar-refractivity contribution >= 4 is 23.3 Å². The Morgan fingerprint density at radius 2 is 2.00 bits per heavy atom. The topological polar surface area (TPSA) is 94.8 Å². The summed E-state index contributed by atoms with van der Waals surface area (Å²) in [5.41, 5.74) is 4.17. The van der Waals surface area contributed by atoms with E-state index in [1.54, 1.807) is 30.1 Å². The Kier molecular flexibility index (Phi) is 5.07. The van der Waals surface area contributed by atoms with Gasteiger partial charge in [0, 0.05) is 28.5 Å². The van der Waals surface area contributed by atoms with Gasteiger partial charge in [-0.1, -0.05) is 35.9 Å². The number of nitrogens with one attached hydrogen (secondary N) is 1. The Balaban J connectivity index is 1.60. The van der Waals surface area contributed by atoms with Crippen molar-refractivity contribution in [3.8, 4) is 23.0 Å². The summed E-state index contributed by atoms with van der Waals surface area (Å²) < 4.78 is 6.91. The van der Waals surface area contributed by atoms with Gasteiger partial charge in [-0.3, -0.25) is 4.79 Å². The fraction of sp³-hybridized carbons (Fsp3) is 0.174. The van der Waals surface area contributed by atoms with E-state index in [1.807, 2.05) is 43.3 Å². The summed E-state index contributed by atoms with van der Waals surface area (Å²) in [6.07, 6.45) is 1.89. The zero-order valence-corrected chi connectivity index (χ0v) is 18.2. The van der Waals surface area contributed by atoms with Crippen LogP contribution in [-0.2, 0) is 4.79 Å². The lowest BCUT2D eigenvalue weighted by atomic mass is 9.86. The van der Waals surface area contributed by atoms with Crippen LogP contribution in [0.25, 0.3) is 17.2 Å². The Morgan fingerprint density at radius 1 is 1.19 bits per heavy atom. The number of nitrogens with zero attached hydrogens (tertiary/aromatic N) is 5. The third-order valence-electron chi connectivity index (χ3n) is 5.48. The maximum absolute atomic E-state index is 12.6. The number of halogens is 1. The molecule has 0 radical (unpaired) electrons. The van der Waals surface area contributed by atoms with Crippen LogP contribution in [0.4, 0.5) is 5.82 Å². The third-order valence-corrected chi connectivity index (χ3v) is 5.73. The average Bonchev–Trinajstić information content (AvgIpc) is 3.15. The standard InChI is InChI=1S/C23H19ClN6O2/c1-13-21-18(15-4-3-5-17(10-15)32-2)11-20(31)27-22(21)30(29-13)23-26-19(12-25-28-23)14-6-8-16(24)9-7-14/h3-10,12,18H,11H2,1-2H3,(H,27,31)/t18-/m1/s1. The van der Waals surface area contributed by atoms with Crippen molar-refractivity contribution in [3.05, 3.63) is 76.6 Å². The van der Waals surface area contributed by atoms with Crippen molar-refractivity contribution in [2.75, 3.05) is 12.4 Å². The van der Waals surface area contributed by atoms with E-state index in [2.05, 4.69) is 25.6 Å². The lowest BCUT2D eigenvalue weighted by molar-refractivity contribution is -0.116. The van der Waals surface area contributed by atoms with E-state index < -0.39 is 0 Å². The molecule has 1 aliphatic heterocycles. The minimum absolute atomic E-state index is 0.103. The smallest absolute Gasteiger partial charge is 0.272 e. The number of carbonyl (C=O) groups is 1. The fourth-order valence-electron chi connectivity index (χ4n) is 3.98. The number of amides is 1. The molecule has 0 fully saturated rings. The van der Waals surface area contributed by atoms with Crippen molar-refractivity contribution in [1.82, 2.24) is 25.0 Å². The highest BCUT2D eigenvalue weighted by molar-refractivity contribution is 6.30. The second-order valence-corrected chi connectivity index (χ2v) is 7.93. The third kappa shape index (κ3) is 3.58. The van der Waals surface area contributed by atoms with Crippen LogP contribution < -0.4 is 10.1 Å². The van der Waals surface area contributed by atoms with Crippen LogP contribution in [-0.4, -0.2) is 38.0 Å². The van der Waals surface area contributed by atoms with Crippen LogP contribution >= 0.6 is 11.6 Å². The molecule has 2 aromatic heterocycles. The van der Waals surface area contributed by atoms with Crippen LogP contribution in [0.15, 0.2) is 54.7 Å². The summed E-state index contributed by atoms with van der Waals surface area (Å²) in [4.78, 5) is 17.3. The number of hydrogen-bond acceptors (Lipinski definition) is 6. The molecule has 32 heavy (non-hydrogen) atoms. The zero-order valence-electron chi connectivity index (χ0n) is 17.4. The summed E-state index contributed by atoms with van der Waals surface area (Å²) in [5.74, 6) is 1.31. The number of methoxy groups -OCH3 is 1.